The minimum atomic E-state index is -0.403. The molecule has 0 aliphatic rings. The first-order chi connectivity index (χ1) is 16.8. The number of nitrogens with one attached hydrogen (secondary N) is 2. The number of hydrogen-bond acceptors (Lipinski definition) is 4. The van der Waals surface area contributed by atoms with Crippen molar-refractivity contribution < 1.29 is 14.3 Å². The van der Waals surface area contributed by atoms with E-state index in [1.54, 1.807) is 12.1 Å². The van der Waals surface area contributed by atoms with Gasteiger partial charge in [-0.15, -0.1) is 0 Å². The van der Waals surface area contributed by atoms with E-state index in [0.29, 0.717) is 36.1 Å². The third-order valence-corrected chi connectivity index (χ3v) is 6.67. The summed E-state index contributed by atoms with van der Waals surface area (Å²) in [5.74, 6) is 0.621. The summed E-state index contributed by atoms with van der Waals surface area (Å²) in [5.41, 5.74) is 0.663. The number of ether oxygens (including phenoxy) is 1. The number of hydrogen-bond donors (Lipinski definition) is 2. The van der Waals surface area contributed by atoms with E-state index < -0.39 is 5.54 Å². The third-order valence-electron chi connectivity index (χ3n) is 6.67. The molecule has 1 aromatic rings. The van der Waals surface area contributed by atoms with Gasteiger partial charge in [0.2, 0.25) is 0 Å². The Kier molecular flexibility index (Phi) is 13.9. The molecule has 5 heteroatoms. The molecular formula is C31H54N2O3. The molecule has 0 radical (unpaired) electrons. The van der Waals surface area contributed by atoms with Crippen LogP contribution in [0.3, 0.4) is 0 Å². The van der Waals surface area contributed by atoms with Gasteiger partial charge in [-0.25, -0.2) is 0 Å². The molecule has 0 bridgehead atoms. The zero-order valence-electron chi connectivity index (χ0n) is 24.6. The van der Waals surface area contributed by atoms with Crippen LogP contribution in [0, 0.1) is 11.8 Å². The summed E-state index contributed by atoms with van der Waals surface area (Å²) in [6.07, 6.45) is 6.90. The van der Waals surface area contributed by atoms with Crippen LogP contribution < -0.4 is 10.6 Å². The monoisotopic (exact) mass is 502 g/mol. The largest absolute Gasteiger partial charge is 0.375 e. The lowest BCUT2D eigenvalue weighted by molar-refractivity contribution is -0.0301. The van der Waals surface area contributed by atoms with Crippen molar-refractivity contribution in [3.05, 3.63) is 35.4 Å². The zero-order valence-corrected chi connectivity index (χ0v) is 24.6. The molecule has 1 aromatic carbocycles. The van der Waals surface area contributed by atoms with Crippen LogP contribution in [-0.4, -0.2) is 42.0 Å². The summed E-state index contributed by atoms with van der Waals surface area (Å²) in [6.45, 7) is 20.6. The number of benzene rings is 1. The number of ketones is 1. The Bertz CT molecular complexity index is 782. The molecule has 0 saturated heterocycles. The number of amides is 1. The molecule has 0 aromatic heterocycles. The Hall–Kier alpha value is -1.72. The summed E-state index contributed by atoms with van der Waals surface area (Å²) in [4.78, 5) is 26.1. The topological polar surface area (TPSA) is 67.4 Å². The first kappa shape index (κ1) is 32.3. The molecule has 5 nitrogen and oxygen atoms in total. The first-order valence-electron chi connectivity index (χ1n) is 14.1. The summed E-state index contributed by atoms with van der Waals surface area (Å²) in [5, 5.41) is 6.56. The molecular weight excluding hydrogens is 448 g/mol. The van der Waals surface area contributed by atoms with E-state index in [1.165, 1.54) is 0 Å². The van der Waals surface area contributed by atoms with Crippen LogP contribution in [0.4, 0.5) is 0 Å². The van der Waals surface area contributed by atoms with Crippen molar-refractivity contribution in [1.82, 2.24) is 10.6 Å². The van der Waals surface area contributed by atoms with E-state index in [-0.39, 0.29) is 23.2 Å². The normalized spacial score (nSPS) is 13.3. The molecule has 206 valence electrons. The van der Waals surface area contributed by atoms with Crippen molar-refractivity contribution in [3.63, 3.8) is 0 Å². The highest BCUT2D eigenvalue weighted by atomic mass is 16.5. The Morgan fingerprint density at radius 1 is 0.917 bits per heavy atom. The molecule has 36 heavy (non-hydrogen) atoms. The van der Waals surface area contributed by atoms with Gasteiger partial charge < -0.3 is 15.4 Å². The number of rotatable bonds is 18. The van der Waals surface area contributed by atoms with Gasteiger partial charge in [0.05, 0.1) is 5.60 Å². The predicted octanol–water partition coefficient (Wildman–Crippen LogP) is 7.19. The standard InChI is InChI=1S/C31H54N2O3/c1-10-11-12-13-27(22-23(2)3)28(34)25-14-16-26(17-15-25)29(35)33-30(6,7)19-21-36-31(8,9)18-20-32-24(4)5/h14-17,23-24,27,32H,10-13,18-22H2,1-9H3,(H,33,35). The molecule has 0 fully saturated rings. The maximum absolute atomic E-state index is 13.2. The molecule has 0 heterocycles. The SMILES string of the molecule is CCCCCC(CC(C)C)C(=O)c1ccc(C(=O)NC(C)(C)CCOC(C)(C)CCNC(C)C)cc1. The second kappa shape index (κ2) is 15.5. The zero-order chi connectivity index (χ0) is 27.4. The van der Waals surface area contributed by atoms with Gasteiger partial charge in [-0.2, -0.15) is 0 Å². The Morgan fingerprint density at radius 3 is 2.08 bits per heavy atom. The summed E-state index contributed by atoms with van der Waals surface area (Å²) in [7, 11) is 0. The Morgan fingerprint density at radius 2 is 1.53 bits per heavy atom. The maximum atomic E-state index is 13.2. The second-order valence-corrected chi connectivity index (χ2v) is 12.3. The van der Waals surface area contributed by atoms with Gasteiger partial charge in [-0.1, -0.05) is 66.0 Å². The van der Waals surface area contributed by atoms with Crippen molar-refractivity contribution in [2.24, 2.45) is 11.8 Å². The molecule has 1 unspecified atom stereocenters. The lowest BCUT2D eigenvalue weighted by Gasteiger charge is -2.30. The second-order valence-electron chi connectivity index (χ2n) is 12.3. The van der Waals surface area contributed by atoms with E-state index in [2.05, 4.69) is 59.1 Å². The van der Waals surface area contributed by atoms with Crippen molar-refractivity contribution in [3.8, 4) is 0 Å². The molecule has 0 saturated carbocycles. The van der Waals surface area contributed by atoms with Gasteiger partial charge in [0.25, 0.3) is 5.91 Å². The Labute approximate surface area is 221 Å². The van der Waals surface area contributed by atoms with E-state index in [1.807, 2.05) is 26.0 Å². The quantitative estimate of drug-likeness (QED) is 0.165. The van der Waals surface area contributed by atoms with E-state index in [0.717, 1.165) is 45.1 Å². The van der Waals surface area contributed by atoms with Crippen LogP contribution in [0.25, 0.3) is 0 Å². The molecule has 0 aliphatic heterocycles. The van der Waals surface area contributed by atoms with Crippen molar-refractivity contribution >= 4 is 11.7 Å². The molecule has 1 atom stereocenters. The first-order valence-corrected chi connectivity index (χ1v) is 14.1. The smallest absolute Gasteiger partial charge is 0.251 e. The number of unbranched alkanes of at least 4 members (excludes halogenated alkanes) is 2. The maximum Gasteiger partial charge on any atom is 0.251 e. The predicted molar refractivity (Wildman–Crippen MR) is 152 cm³/mol. The molecule has 0 spiro atoms. The average molecular weight is 503 g/mol. The van der Waals surface area contributed by atoms with Crippen LogP contribution >= 0.6 is 0 Å². The van der Waals surface area contributed by atoms with Gasteiger partial charge >= 0.3 is 0 Å². The van der Waals surface area contributed by atoms with Gasteiger partial charge in [0.1, 0.15) is 0 Å². The number of Topliss-reactive ketones (excluding diaryl/α,β-unsaturated/α-hetero) is 1. The van der Waals surface area contributed by atoms with Crippen molar-refractivity contribution in [1.29, 1.82) is 0 Å². The lowest BCUT2D eigenvalue weighted by atomic mass is 9.85. The highest BCUT2D eigenvalue weighted by Crippen LogP contribution is 2.24. The van der Waals surface area contributed by atoms with Gasteiger partial charge in [-0.05, 0) is 78.0 Å². The lowest BCUT2D eigenvalue weighted by Crippen LogP contribution is -2.45. The van der Waals surface area contributed by atoms with E-state index in [4.69, 9.17) is 4.74 Å². The molecule has 2 N–H and O–H groups in total. The summed E-state index contributed by atoms with van der Waals surface area (Å²) in [6, 6.07) is 7.65. The fourth-order valence-corrected chi connectivity index (χ4v) is 4.35. The van der Waals surface area contributed by atoms with Crippen LogP contribution in [0.2, 0.25) is 0 Å². The third kappa shape index (κ3) is 13.0. The highest BCUT2D eigenvalue weighted by molar-refractivity contribution is 6.00. The fraction of sp³-hybridized carbons (Fsp3) is 0.742. The van der Waals surface area contributed by atoms with Crippen LogP contribution in [-0.2, 0) is 4.74 Å². The average Bonchev–Trinajstić information content (AvgIpc) is 2.76. The number of carbonyl (C=O) groups excluding carboxylic acids is 2. The minimum Gasteiger partial charge on any atom is -0.375 e. The molecule has 1 amide bonds. The van der Waals surface area contributed by atoms with E-state index >= 15 is 0 Å². The van der Waals surface area contributed by atoms with Gasteiger partial charge in [0, 0.05) is 35.2 Å². The van der Waals surface area contributed by atoms with Crippen molar-refractivity contribution in [2.45, 2.75) is 124 Å². The van der Waals surface area contributed by atoms with Crippen molar-refractivity contribution in [2.75, 3.05) is 13.2 Å². The van der Waals surface area contributed by atoms with E-state index in [9.17, 15) is 9.59 Å². The molecule has 0 aliphatic carbocycles. The van der Waals surface area contributed by atoms with Crippen LogP contribution in [0.15, 0.2) is 24.3 Å². The minimum absolute atomic E-state index is 0.0561. The Balaban J connectivity index is 2.65. The fourth-order valence-electron chi connectivity index (χ4n) is 4.35. The number of carbonyl (C=O) groups is 2. The highest BCUT2D eigenvalue weighted by Gasteiger charge is 2.25. The summed E-state index contributed by atoms with van der Waals surface area (Å²) >= 11 is 0. The molecule has 1 rings (SSSR count). The van der Waals surface area contributed by atoms with Crippen LogP contribution in [0.5, 0.6) is 0 Å². The summed E-state index contributed by atoms with van der Waals surface area (Å²) < 4.78 is 6.13. The van der Waals surface area contributed by atoms with Crippen LogP contribution in [0.1, 0.15) is 128 Å². The van der Waals surface area contributed by atoms with Gasteiger partial charge in [0.15, 0.2) is 5.78 Å². The van der Waals surface area contributed by atoms with Gasteiger partial charge in [-0.3, -0.25) is 9.59 Å².